The number of nitrogens with two attached hydrogens (primary N) is 1. The standard InChI is InChI=1S/C29H25FN4O5.C9H13N3O.113H/c1-17-26(29(35)33-18-3-8-25(32-16-18)34-11-13-37-14-12-34)21-6-7-24(27(30)28(21)38-17)39-23-9-10-31-22-15-19(36-2)4-5-20(22)23;10-8-1-2-9(11-7-8)12-3-5-13-6-4-12;;;;;;;;;;;;;;;;;;;;;;;;;;;;;;;;;;;;;;;;;;;;;;;;;;;;;;;;;;;;;;;;;;;;;;;;;;;;;;;;;;;;;;;;;;;;;;;;;;;;;;;;;;;;;;;;;/h3-10,15-16H,11-14H2,1-2H3,(H,33,35);1-2,7H,3-6,10H2;;;;;;;;;;;;;;;;;;;;;;;;;;;;;;;;;;;;;;;;;;;;;;;;;;;;;;;;;;;;;;;;;;;;;;;;;;;;;;;;;;;;;;;;;;;;;;;;;;;;;;;;;;;;;;;;;/q;;113*-1. The number of nitrogen functional groups attached to an aromatic ring is 1. The van der Waals surface area contributed by atoms with Gasteiger partial charge in [-0.15, -0.1) is 0 Å². The van der Waals surface area contributed by atoms with Crippen molar-refractivity contribution in [1.29, 1.82) is 0 Å². The number of aryl methyl sites for hydroxylation is 1. The fourth-order valence-electron chi connectivity index (χ4n) is 6.04. The van der Waals surface area contributed by atoms with Crippen LogP contribution in [0.1, 0.15) is 177 Å². The Labute approximate surface area is 466 Å². The molecule has 0 aliphatic carbocycles. The molecule has 0 radical (unpaired) electrons. The zero-order valence-corrected chi connectivity index (χ0v) is 28.8. The third kappa shape index (κ3) is 7.53. The Morgan fingerprint density at radius 2 is 1.52 bits per heavy atom. The van der Waals surface area contributed by atoms with Gasteiger partial charge in [0.25, 0.3) is 5.91 Å². The van der Waals surface area contributed by atoms with E-state index in [2.05, 4.69) is 30.1 Å². The highest BCUT2D eigenvalue weighted by Crippen LogP contribution is 2.37. The Bertz CT molecular complexity index is 2310. The smallest absolute Gasteiger partial charge is 0.259 e. The summed E-state index contributed by atoms with van der Waals surface area (Å²) in [4.78, 5) is 30.5. The number of carbonyl (C=O) groups is 1. The van der Waals surface area contributed by atoms with E-state index in [1.165, 1.54) is 6.07 Å². The Morgan fingerprint density at radius 3 is 2.15 bits per heavy atom. The van der Waals surface area contributed by atoms with Crippen LogP contribution in [0.3, 0.4) is 0 Å². The maximum atomic E-state index is 15.6. The molecule has 14 heteroatoms. The summed E-state index contributed by atoms with van der Waals surface area (Å²) in [6.45, 7) is 7.87. The monoisotopic (exact) mass is 821 g/mol. The van der Waals surface area contributed by atoms with Gasteiger partial charge in [-0.25, -0.2) is 9.97 Å². The number of aromatic nitrogens is 3. The Morgan fingerprint density at radius 1 is 0.846 bits per heavy atom. The van der Waals surface area contributed by atoms with Gasteiger partial charge < -0.3 is 205 Å². The molecule has 4 aromatic heterocycles. The van der Waals surface area contributed by atoms with Gasteiger partial charge in [0.2, 0.25) is 5.82 Å². The summed E-state index contributed by atoms with van der Waals surface area (Å²) in [6, 6.07) is 17.6. The second-order valence-electron chi connectivity index (χ2n) is 12.1. The van der Waals surface area contributed by atoms with Gasteiger partial charge in [-0.05, 0) is 61.5 Å². The predicted molar refractivity (Wildman–Crippen MR) is 322 cm³/mol. The molecule has 2 saturated heterocycles. The Kier molecular flexibility index (Phi) is 10.3. The molecule has 494 valence electrons. The van der Waals surface area contributed by atoms with Gasteiger partial charge in [0.15, 0.2) is 11.3 Å². The van der Waals surface area contributed by atoms with E-state index < -0.39 is 11.7 Å². The van der Waals surface area contributed by atoms with Gasteiger partial charge in [-0.1, -0.05) is 0 Å². The van der Waals surface area contributed by atoms with E-state index in [0.717, 1.165) is 51.0 Å². The molecule has 8 rings (SSSR count). The van der Waals surface area contributed by atoms with E-state index >= 15 is 4.39 Å². The van der Waals surface area contributed by atoms with E-state index in [1.54, 1.807) is 69.0 Å². The lowest BCUT2D eigenvalue weighted by Gasteiger charge is -2.27. The lowest BCUT2D eigenvalue weighted by molar-refractivity contribution is 0.102. The van der Waals surface area contributed by atoms with E-state index in [9.17, 15) is 4.79 Å². The summed E-state index contributed by atoms with van der Waals surface area (Å²) in [6.07, 6.45) is 4.86. The van der Waals surface area contributed by atoms with E-state index in [4.69, 9.17) is 29.1 Å². The largest absolute Gasteiger partial charge is 1.00 e. The van der Waals surface area contributed by atoms with Crippen LogP contribution in [-0.4, -0.2) is 80.6 Å². The summed E-state index contributed by atoms with van der Waals surface area (Å²) in [5, 5.41) is 3.88. The van der Waals surface area contributed by atoms with Crippen LogP contribution in [0, 0.1) is 12.7 Å². The molecule has 2 aliphatic rings. The Hall–Kier alpha value is -5.99. The van der Waals surface area contributed by atoms with Crippen molar-refractivity contribution in [2.75, 3.05) is 80.6 Å². The van der Waals surface area contributed by atoms with Crippen LogP contribution in [0.5, 0.6) is 17.2 Å². The molecule has 0 bridgehead atoms. The molecule has 6 aromatic rings. The first-order valence-corrected chi connectivity index (χ1v) is 16.8. The van der Waals surface area contributed by atoms with Crippen LogP contribution in [-0.2, 0) is 9.47 Å². The minimum absolute atomic E-state index is 0. The highest BCUT2D eigenvalue weighted by atomic mass is 19.1. The van der Waals surface area contributed by atoms with Crippen LogP contribution in [0.15, 0.2) is 83.7 Å². The van der Waals surface area contributed by atoms with Crippen molar-refractivity contribution < 1.29 is 194 Å². The normalized spacial score (nSPS) is 14.5. The number of amides is 1. The number of furan rings is 1. The van der Waals surface area contributed by atoms with Gasteiger partial charge in [0.1, 0.15) is 28.9 Å². The topological polar surface area (TPSA) is 150 Å². The molecule has 6 heterocycles. The average molecular weight is 822 g/mol. The van der Waals surface area contributed by atoms with E-state index in [0.29, 0.717) is 52.4 Å². The number of rotatable bonds is 7. The van der Waals surface area contributed by atoms with Crippen molar-refractivity contribution in [3.05, 3.63) is 96.4 Å². The van der Waals surface area contributed by atoms with Gasteiger partial charge in [-0.3, -0.25) is 9.78 Å². The van der Waals surface area contributed by atoms with Crippen molar-refractivity contribution >= 4 is 50.8 Å². The molecule has 2 aromatic carbocycles. The fraction of sp³-hybridized carbons (Fsp3) is 0.263. The lowest BCUT2D eigenvalue weighted by atomic mass is 10.1. The summed E-state index contributed by atoms with van der Waals surface area (Å²) in [7, 11) is 1.57. The van der Waals surface area contributed by atoms with Crippen LogP contribution in [0.2, 0.25) is 0 Å². The quantitative estimate of drug-likeness (QED) is 0.158. The minimum atomic E-state index is -0.704. The molecular weight excluding hydrogens is 669 g/mol. The summed E-state index contributed by atoms with van der Waals surface area (Å²) < 4.78 is 43.1. The minimum Gasteiger partial charge on any atom is -1.00 e. The van der Waals surface area contributed by atoms with Crippen LogP contribution < -0.4 is 30.3 Å². The van der Waals surface area contributed by atoms with Crippen LogP contribution in [0.25, 0.3) is 21.9 Å². The number of benzene rings is 2. The second kappa shape index (κ2) is 15.5. The van der Waals surface area contributed by atoms with E-state index in [-0.39, 0.29) is 184 Å². The van der Waals surface area contributed by atoms with E-state index in [1.807, 2.05) is 18.2 Å². The number of carbonyl (C=O) groups excluding carboxylic acids is 1. The number of halogens is 1. The van der Waals surface area contributed by atoms with Crippen molar-refractivity contribution in [3.63, 3.8) is 0 Å². The molecule has 3 N–H and O–H groups in total. The maximum absolute atomic E-state index is 15.6. The summed E-state index contributed by atoms with van der Waals surface area (Å²) >= 11 is 0. The van der Waals surface area contributed by atoms with Gasteiger partial charge in [0, 0.05) is 49.2 Å². The molecule has 2 fully saturated rings. The molecule has 0 saturated carbocycles. The third-order valence-corrected chi connectivity index (χ3v) is 8.74. The first kappa shape index (κ1) is 34.5. The summed E-state index contributed by atoms with van der Waals surface area (Å²) in [5.41, 5.74) is 7.61. The number of nitrogens with one attached hydrogen (secondary N) is 1. The highest BCUT2D eigenvalue weighted by molar-refractivity contribution is 6.13. The molecule has 1 amide bonds. The molecule has 0 unspecified atom stereocenters. The number of methoxy groups -OCH3 is 1. The van der Waals surface area contributed by atoms with Gasteiger partial charge in [-0.2, -0.15) is 4.39 Å². The molecule has 0 spiro atoms. The molecule has 0 atom stereocenters. The lowest BCUT2D eigenvalue weighted by Crippen LogP contribution is -2.36. The number of fused-ring (bicyclic) bond motifs is 2. The van der Waals surface area contributed by atoms with Crippen LogP contribution >= 0.6 is 0 Å². The van der Waals surface area contributed by atoms with Crippen molar-refractivity contribution in [3.8, 4) is 17.2 Å². The number of anilines is 4. The summed E-state index contributed by atoms with van der Waals surface area (Å²) in [5.74, 6) is 2.01. The first-order valence-electron chi connectivity index (χ1n) is 16.8. The number of ether oxygens (including phenoxy) is 4. The number of nitrogens with zero attached hydrogens (tertiary/aromatic N) is 5. The number of morpholine rings is 2. The Balaban J connectivity index is -0.00000000244. The van der Waals surface area contributed by atoms with Crippen molar-refractivity contribution in [2.45, 2.75) is 6.92 Å². The molecular formula is C38H151FN7O6-113. The number of hydrogen-bond donors (Lipinski definition) is 2. The second-order valence-corrected chi connectivity index (χ2v) is 12.1. The number of hydrogen-bond acceptors (Lipinski definition) is 12. The van der Waals surface area contributed by atoms with Gasteiger partial charge in [0.05, 0.1) is 68.4 Å². The first-order chi connectivity index (χ1) is 25.4. The van der Waals surface area contributed by atoms with Crippen molar-refractivity contribution in [2.24, 2.45) is 0 Å². The number of pyridine rings is 3. The van der Waals surface area contributed by atoms with Crippen LogP contribution in [0.4, 0.5) is 27.4 Å². The van der Waals surface area contributed by atoms with Crippen molar-refractivity contribution in [1.82, 2.24) is 15.0 Å². The molecule has 52 heavy (non-hydrogen) atoms. The predicted octanol–water partition coefficient (Wildman–Crippen LogP) is 18.9. The fourth-order valence-corrected chi connectivity index (χ4v) is 6.04. The third-order valence-electron chi connectivity index (χ3n) is 8.74. The zero-order chi connectivity index (χ0) is 36.0. The molecule has 2 aliphatic heterocycles. The maximum Gasteiger partial charge on any atom is 0.259 e. The van der Waals surface area contributed by atoms with Gasteiger partial charge >= 0.3 is 0 Å². The SMILES string of the molecule is COc1ccc2c(Oc3ccc4c(C(=O)Nc5ccc(N6CCOCC6)nc5)c(C)oc4c3F)ccnc2c1.Nc1ccc(N2CCOCC2)nc1.[H-].[H-].[H-].[H-].[H-].[H-].[H-].[H-].[H-].[H-].[H-].[H-].[H-].[H-].[H-].[H-].[H-].[H-].[H-].[H-].[H-].[H-].[H-].[H-].[H-].[H-].[H-].[H-].[H-].[H-].[H-].[H-].[H-].[H-].[H-].[H-].[H-].[H-].[H-].[H-].[H-].[H-].[H-].[H-].[H-].[H-].[H-].[H-].[H-].[H-].[H-].[H-].[H-].[H-].[H-].[H-].[H-].[H-].[H-].[H-].[H-].[H-].[H-].[H-].[H-].[H-].[H-].[H-].[H-].[H-].[H-].[H-].[H-].[H-].[H-].[H-].[H-].[H-].[H-].[H-].[H-].[H-].[H-].[H-].[H-].[H-].[H-].[H-].[H-].[H-].[H-].[H-].[H-].[H-].[H-].[H-].[H-].[H-].[H-].[H-].[H-].[H-].[H-].[H-].[H-].[H-].[H-].[H-].[H-].[H-].[H-].[H-].[H-]. The highest BCUT2D eigenvalue weighted by Gasteiger charge is 2.24. The zero-order valence-electron chi connectivity index (χ0n) is 142. The average Bonchev–Trinajstić information content (AvgIpc) is 1.61. The molecule has 13 nitrogen and oxygen atoms in total.